The van der Waals surface area contributed by atoms with Gasteiger partial charge in [-0.25, -0.2) is 4.79 Å². The molecule has 0 aromatic heterocycles. The molecule has 14 heavy (non-hydrogen) atoms. The molecule has 0 radical (unpaired) electrons. The van der Waals surface area contributed by atoms with Gasteiger partial charge in [0.25, 0.3) is 0 Å². The molecule has 1 atom stereocenters. The molecule has 0 bridgehead atoms. The fourth-order valence-corrected chi connectivity index (χ4v) is 1.51. The van der Waals surface area contributed by atoms with Gasteiger partial charge in [-0.2, -0.15) is 0 Å². The van der Waals surface area contributed by atoms with Crippen LogP contribution in [0.2, 0.25) is 0 Å². The van der Waals surface area contributed by atoms with Crippen LogP contribution in [-0.4, -0.2) is 40.1 Å². The van der Waals surface area contributed by atoms with E-state index >= 15 is 0 Å². The molecule has 1 heterocycles. The van der Waals surface area contributed by atoms with Gasteiger partial charge < -0.3 is 15.3 Å². The van der Waals surface area contributed by atoms with Crippen LogP contribution in [0.5, 0.6) is 0 Å². The van der Waals surface area contributed by atoms with Gasteiger partial charge >= 0.3 is 12.0 Å². The van der Waals surface area contributed by atoms with Crippen molar-refractivity contribution in [2.24, 2.45) is 0 Å². The van der Waals surface area contributed by atoms with E-state index in [2.05, 4.69) is 5.32 Å². The molecule has 0 aliphatic carbocycles. The minimum absolute atomic E-state index is 0.0156. The maximum absolute atomic E-state index is 11.4. The standard InChI is InChI=1S/C9H16N2O3/c1-9(2,3)11-5-6(4-7(12)13)10-8(11)14/h6H,4-5H2,1-3H3,(H,10,14)(H,12,13). The van der Waals surface area contributed by atoms with Crippen molar-refractivity contribution < 1.29 is 14.7 Å². The first kappa shape index (κ1) is 10.8. The Labute approximate surface area is 83.1 Å². The summed E-state index contributed by atoms with van der Waals surface area (Å²) in [6.45, 7) is 6.25. The number of rotatable bonds is 2. The predicted octanol–water partition coefficient (Wildman–Crippen LogP) is 0.653. The molecule has 2 amide bonds. The number of aliphatic carboxylic acids is 1. The van der Waals surface area contributed by atoms with Gasteiger partial charge in [-0.1, -0.05) is 0 Å². The lowest BCUT2D eigenvalue weighted by Gasteiger charge is -2.30. The van der Waals surface area contributed by atoms with E-state index in [4.69, 9.17) is 5.11 Å². The van der Waals surface area contributed by atoms with Crippen molar-refractivity contribution in [1.82, 2.24) is 10.2 Å². The Morgan fingerprint density at radius 1 is 1.64 bits per heavy atom. The van der Waals surface area contributed by atoms with Crippen LogP contribution in [0.15, 0.2) is 0 Å². The maximum Gasteiger partial charge on any atom is 0.318 e. The molecule has 1 rings (SSSR count). The Morgan fingerprint density at radius 3 is 2.57 bits per heavy atom. The molecule has 0 aromatic carbocycles. The average Bonchev–Trinajstić information content (AvgIpc) is 2.27. The van der Waals surface area contributed by atoms with Crippen molar-refractivity contribution in [2.45, 2.75) is 38.8 Å². The second kappa shape index (κ2) is 3.48. The van der Waals surface area contributed by atoms with Gasteiger partial charge in [-0.05, 0) is 20.8 Å². The maximum atomic E-state index is 11.4. The zero-order valence-electron chi connectivity index (χ0n) is 8.70. The number of carbonyl (C=O) groups excluding carboxylic acids is 1. The number of nitrogens with zero attached hydrogens (tertiary/aromatic N) is 1. The van der Waals surface area contributed by atoms with Crippen molar-refractivity contribution in [1.29, 1.82) is 0 Å². The topological polar surface area (TPSA) is 69.6 Å². The Balaban J connectivity index is 2.61. The van der Waals surface area contributed by atoms with Crippen LogP contribution in [0.3, 0.4) is 0 Å². The molecule has 80 valence electrons. The van der Waals surface area contributed by atoms with Gasteiger partial charge in [0.05, 0.1) is 12.5 Å². The lowest BCUT2D eigenvalue weighted by Crippen LogP contribution is -2.43. The van der Waals surface area contributed by atoms with Gasteiger partial charge in [0.1, 0.15) is 0 Å². The fraction of sp³-hybridized carbons (Fsp3) is 0.778. The first-order valence-corrected chi connectivity index (χ1v) is 4.60. The molecule has 1 aliphatic rings. The highest BCUT2D eigenvalue weighted by Gasteiger charge is 2.36. The van der Waals surface area contributed by atoms with E-state index in [1.165, 1.54) is 0 Å². The van der Waals surface area contributed by atoms with Crippen LogP contribution >= 0.6 is 0 Å². The largest absolute Gasteiger partial charge is 0.481 e. The van der Waals surface area contributed by atoms with Crippen LogP contribution in [-0.2, 0) is 4.79 Å². The monoisotopic (exact) mass is 200 g/mol. The van der Waals surface area contributed by atoms with Crippen molar-refractivity contribution in [3.63, 3.8) is 0 Å². The Kier molecular flexibility index (Phi) is 2.69. The van der Waals surface area contributed by atoms with E-state index < -0.39 is 5.97 Å². The molecule has 1 fully saturated rings. The summed E-state index contributed by atoms with van der Waals surface area (Å²) in [5.41, 5.74) is -0.253. The zero-order valence-corrected chi connectivity index (χ0v) is 8.70. The highest BCUT2D eigenvalue weighted by atomic mass is 16.4. The molecular formula is C9H16N2O3. The quantitative estimate of drug-likeness (QED) is 0.687. The summed E-state index contributed by atoms with van der Waals surface area (Å²) in [6, 6.07) is -0.442. The third-order valence-corrected chi connectivity index (χ3v) is 2.21. The summed E-state index contributed by atoms with van der Waals surface area (Å²) in [4.78, 5) is 23.5. The summed E-state index contributed by atoms with van der Waals surface area (Å²) >= 11 is 0. The molecule has 1 unspecified atom stereocenters. The van der Waals surface area contributed by atoms with Crippen LogP contribution in [0.4, 0.5) is 4.79 Å². The van der Waals surface area contributed by atoms with Crippen molar-refractivity contribution in [2.75, 3.05) is 6.54 Å². The summed E-state index contributed by atoms with van der Waals surface area (Å²) in [6.07, 6.45) is -0.0156. The summed E-state index contributed by atoms with van der Waals surface area (Å²) in [5, 5.41) is 11.2. The lowest BCUT2D eigenvalue weighted by molar-refractivity contribution is -0.137. The number of carbonyl (C=O) groups is 2. The van der Waals surface area contributed by atoms with E-state index in [0.29, 0.717) is 6.54 Å². The number of carboxylic acid groups (broad SMARTS) is 1. The molecular weight excluding hydrogens is 184 g/mol. The second-order valence-corrected chi connectivity index (χ2v) is 4.53. The molecule has 0 aromatic rings. The third kappa shape index (κ3) is 2.37. The van der Waals surface area contributed by atoms with E-state index in [1.54, 1.807) is 4.90 Å². The van der Waals surface area contributed by atoms with Crippen molar-refractivity contribution in [3.8, 4) is 0 Å². The number of amides is 2. The van der Waals surface area contributed by atoms with E-state index in [-0.39, 0.29) is 24.0 Å². The van der Waals surface area contributed by atoms with Crippen molar-refractivity contribution in [3.05, 3.63) is 0 Å². The number of hydrogen-bond acceptors (Lipinski definition) is 2. The Bertz CT molecular complexity index is 257. The highest BCUT2D eigenvalue weighted by molar-refractivity contribution is 5.79. The van der Waals surface area contributed by atoms with Gasteiger partial charge in [-0.3, -0.25) is 4.79 Å². The van der Waals surface area contributed by atoms with Gasteiger partial charge in [0.15, 0.2) is 0 Å². The van der Waals surface area contributed by atoms with Crippen LogP contribution in [0, 0.1) is 0 Å². The molecule has 0 spiro atoms. The zero-order chi connectivity index (χ0) is 10.9. The van der Waals surface area contributed by atoms with Crippen LogP contribution in [0.1, 0.15) is 27.2 Å². The highest BCUT2D eigenvalue weighted by Crippen LogP contribution is 2.19. The number of urea groups is 1. The second-order valence-electron chi connectivity index (χ2n) is 4.53. The molecule has 0 saturated carbocycles. The first-order valence-electron chi connectivity index (χ1n) is 4.60. The molecule has 1 aliphatic heterocycles. The van der Waals surface area contributed by atoms with E-state index in [9.17, 15) is 9.59 Å². The Morgan fingerprint density at radius 2 is 2.21 bits per heavy atom. The smallest absolute Gasteiger partial charge is 0.318 e. The fourth-order valence-electron chi connectivity index (χ4n) is 1.51. The van der Waals surface area contributed by atoms with Gasteiger partial charge in [-0.15, -0.1) is 0 Å². The van der Waals surface area contributed by atoms with Gasteiger partial charge in [0.2, 0.25) is 0 Å². The molecule has 5 nitrogen and oxygen atoms in total. The van der Waals surface area contributed by atoms with Gasteiger partial charge in [0, 0.05) is 12.1 Å². The summed E-state index contributed by atoms with van der Waals surface area (Å²) in [7, 11) is 0. The van der Waals surface area contributed by atoms with E-state index in [1.807, 2.05) is 20.8 Å². The average molecular weight is 200 g/mol. The molecule has 5 heteroatoms. The Hall–Kier alpha value is -1.26. The first-order chi connectivity index (χ1) is 6.30. The summed E-state index contributed by atoms with van der Waals surface area (Å²) in [5.74, 6) is -0.883. The lowest BCUT2D eigenvalue weighted by atomic mass is 10.1. The van der Waals surface area contributed by atoms with Crippen LogP contribution in [0.25, 0.3) is 0 Å². The van der Waals surface area contributed by atoms with E-state index in [0.717, 1.165) is 0 Å². The molecule has 1 saturated heterocycles. The van der Waals surface area contributed by atoms with Crippen molar-refractivity contribution >= 4 is 12.0 Å². The van der Waals surface area contributed by atoms with Crippen LogP contribution < -0.4 is 5.32 Å². The normalized spacial score (nSPS) is 22.4. The third-order valence-electron chi connectivity index (χ3n) is 2.21. The SMILES string of the molecule is CC(C)(C)N1CC(CC(=O)O)NC1=O. The number of hydrogen-bond donors (Lipinski definition) is 2. The summed E-state index contributed by atoms with van der Waals surface area (Å²) < 4.78 is 0. The predicted molar refractivity (Wildman–Crippen MR) is 51.0 cm³/mol. The number of carboxylic acids is 1. The minimum Gasteiger partial charge on any atom is -0.481 e. The molecule has 2 N–H and O–H groups in total. The number of nitrogens with one attached hydrogen (secondary N) is 1. The minimum atomic E-state index is -0.883.